The normalized spacial score (nSPS) is 18.2. The molecule has 0 radical (unpaired) electrons. The van der Waals surface area contributed by atoms with Gasteiger partial charge < -0.3 is 0 Å². The van der Waals surface area contributed by atoms with Crippen LogP contribution in [0.5, 0.6) is 0 Å². The predicted molar refractivity (Wildman–Crippen MR) is 86.1 cm³/mol. The molecule has 2 heterocycles. The Kier molecular flexibility index (Phi) is 4.22. The lowest BCUT2D eigenvalue weighted by Crippen LogP contribution is -2.40. The molecule has 1 aromatic carbocycles. The molecule has 0 amide bonds. The second-order valence-corrected chi connectivity index (χ2v) is 7.91. The van der Waals surface area contributed by atoms with Crippen LogP contribution in [0.25, 0.3) is 11.3 Å². The third kappa shape index (κ3) is 3.69. The van der Waals surface area contributed by atoms with Crippen LogP contribution in [-0.2, 0) is 16.4 Å². The summed E-state index contributed by atoms with van der Waals surface area (Å²) in [5, 5.41) is 0. The van der Waals surface area contributed by atoms with Gasteiger partial charge in [0.15, 0.2) is 9.84 Å². The molecule has 116 valence electrons. The largest absolute Gasteiger partial charge is 0.294 e. The first-order valence-electron chi connectivity index (χ1n) is 7.35. The molecule has 5 nitrogen and oxygen atoms in total. The standard InChI is InChI=1S/C16H19N3O2S/c1-13-11-15(14-5-3-2-4-6-14)18-16(17-13)12-19-7-9-22(20,21)10-8-19/h2-6,11H,7-10,12H2,1H3. The van der Waals surface area contributed by atoms with E-state index in [1.807, 2.05) is 43.3 Å². The van der Waals surface area contributed by atoms with Gasteiger partial charge in [-0.1, -0.05) is 30.3 Å². The highest BCUT2D eigenvalue weighted by Crippen LogP contribution is 2.18. The molecule has 0 aliphatic carbocycles. The van der Waals surface area contributed by atoms with E-state index < -0.39 is 9.84 Å². The predicted octanol–water partition coefficient (Wildman–Crippen LogP) is 1.68. The molecule has 1 fully saturated rings. The quantitative estimate of drug-likeness (QED) is 0.862. The third-order valence-corrected chi connectivity index (χ3v) is 5.38. The summed E-state index contributed by atoms with van der Waals surface area (Å²) in [6.45, 7) is 3.66. The number of aromatic nitrogens is 2. The Hall–Kier alpha value is -1.79. The van der Waals surface area contributed by atoms with Gasteiger partial charge in [0.1, 0.15) is 5.82 Å². The van der Waals surface area contributed by atoms with Crippen LogP contribution in [0.4, 0.5) is 0 Å². The van der Waals surface area contributed by atoms with E-state index in [1.165, 1.54) is 0 Å². The molecule has 2 aromatic rings. The fraction of sp³-hybridized carbons (Fsp3) is 0.375. The lowest BCUT2D eigenvalue weighted by Gasteiger charge is -2.25. The number of nitrogens with zero attached hydrogens (tertiary/aromatic N) is 3. The molecule has 22 heavy (non-hydrogen) atoms. The van der Waals surface area contributed by atoms with Gasteiger partial charge in [-0.25, -0.2) is 18.4 Å². The van der Waals surface area contributed by atoms with Crippen molar-refractivity contribution in [2.45, 2.75) is 13.5 Å². The SMILES string of the molecule is Cc1cc(-c2ccccc2)nc(CN2CCS(=O)(=O)CC2)n1. The van der Waals surface area contributed by atoms with E-state index in [4.69, 9.17) is 0 Å². The first-order valence-corrected chi connectivity index (χ1v) is 9.17. The summed E-state index contributed by atoms with van der Waals surface area (Å²) in [5.74, 6) is 1.20. The van der Waals surface area contributed by atoms with Gasteiger partial charge in [0, 0.05) is 24.3 Å². The van der Waals surface area contributed by atoms with Crippen molar-refractivity contribution in [2.75, 3.05) is 24.6 Å². The Morgan fingerprint density at radius 1 is 1.09 bits per heavy atom. The monoisotopic (exact) mass is 317 g/mol. The fourth-order valence-electron chi connectivity index (χ4n) is 2.57. The van der Waals surface area contributed by atoms with Gasteiger partial charge >= 0.3 is 0 Å². The zero-order valence-electron chi connectivity index (χ0n) is 12.6. The maximum atomic E-state index is 11.5. The van der Waals surface area contributed by atoms with Crippen molar-refractivity contribution in [3.63, 3.8) is 0 Å². The van der Waals surface area contributed by atoms with Crippen LogP contribution in [0.1, 0.15) is 11.5 Å². The lowest BCUT2D eigenvalue weighted by atomic mass is 10.1. The molecule has 1 saturated heterocycles. The second kappa shape index (κ2) is 6.14. The molecule has 3 rings (SSSR count). The van der Waals surface area contributed by atoms with Gasteiger partial charge in [-0.3, -0.25) is 4.90 Å². The molecular formula is C16H19N3O2S. The Bertz CT molecular complexity index is 746. The summed E-state index contributed by atoms with van der Waals surface area (Å²) in [5.41, 5.74) is 2.90. The average molecular weight is 317 g/mol. The summed E-state index contributed by atoms with van der Waals surface area (Å²) < 4.78 is 23.0. The highest BCUT2D eigenvalue weighted by atomic mass is 32.2. The first-order chi connectivity index (χ1) is 10.5. The van der Waals surface area contributed by atoms with Crippen LogP contribution < -0.4 is 0 Å². The second-order valence-electron chi connectivity index (χ2n) is 5.60. The summed E-state index contributed by atoms with van der Waals surface area (Å²) in [4.78, 5) is 11.2. The number of benzene rings is 1. The van der Waals surface area contributed by atoms with E-state index in [0.29, 0.717) is 19.6 Å². The summed E-state index contributed by atoms with van der Waals surface area (Å²) in [6, 6.07) is 12.0. The number of aryl methyl sites for hydroxylation is 1. The topological polar surface area (TPSA) is 63.2 Å². The van der Waals surface area contributed by atoms with Crippen molar-refractivity contribution >= 4 is 9.84 Å². The minimum Gasteiger partial charge on any atom is -0.294 e. The lowest BCUT2D eigenvalue weighted by molar-refractivity contribution is 0.280. The van der Waals surface area contributed by atoms with Crippen LogP contribution in [0, 0.1) is 6.92 Å². The van der Waals surface area contributed by atoms with Crippen molar-refractivity contribution < 1.29 is 8.42 Å². The van der Waals surface area contributed by atoms with Crippen LogP contribution in [0.3, 0.4) is 0 Å². The van der Waals surface area contributed by atoms with Gasteiger partial charge in [-0.15, -0.1) is 0 Å². The van der Waals surface area contributed by atoms with E-state index >= 15 is 0 Å². The molecule has 0 spiro atoms. The number of hydrogen-bond donors (Lipinski definition) is 0. The van der Waals surface area contributed by atoms with Crippen molar-refractivity contribution in [3.05, 3.63) is 47.9 Å². The zero-order chi connectivity index (χ0) is 15.6. The van der Waals surface area contributed by atoms with E-state index in [9.17, 15) is 8.42 Å². The number of rotatable bonds is 3. The minimum absolute atomic E-state index is 0.227. The van der Waals surface area contributed by atoms with Gasteiger partial charge in [-0.2, -0.15) is 0 Å². The minimum atomic E-state index is -2.85. The summed E-state index contributed by atoms with van der Waals surface area (Å²) >= 11 is 0. The molecule has 1 aliphatic heterocycles. The van der Waals surface area contributed by atoms with E-state index in [-0.39, 0.29) is 11.5 Å². The van der Waals surface area contributed by atoms with Gasteiger partial charge in [0.05, 0.1) is 23.7 Å². The fourth-order valence-corrected chi connectivity index (χ4v) is 3.84. The maximum absolute atomic E-state index is 11.5. The van der Waals surface area contributed by atoms with Crippen molar-refractivity contribution in [2.24, 2.45) is 0 Å². The first kappa shape index (κ1) is 15.1. The molecule has 1 aromatic heterocycles. The molecule has 0 saturated carbocycles. The number of hydrogen-bond acceptors (Lipinski definition) is 5. The molecule has 1 aliphatic rings. The third-order valence-electron chi connectivity index (χ3n) is 3.77. The molecule has 0 N–H and O–H groups in total. The van der Waals surface area contributed by atoms with Crippen molar-refractivity contribution in [3.8, 4) is 11.3 Å². The summed E-state index contributed by atoms with van der Waals surface area (Å²) in [6.07, 6.45) is 0. The van der Waals surface area contributed by atoms with Crippen molar-refractivity contribution in [1.29, 1.82) is 0 Å². The van der Waals surface area contributed by atoms with Gasteiger partial charge in [0.25, 0.3) is 0 Å². The average Bonchev–Trinajstić information content (AvgIpc) is 2.50. The Morgan fingerprint density at radius 3 is 2.45 bits per heavy atom. The summed E-state index contributed by atoms with van der Waals surface area (Å²) in [7, 11) is -2.85. The zero-order valence-corrected chi connectivity index (χ0v) is 13.4. The Balaban J connectivity index is 1.79. The van der Waals surface area contributed by atoms with Gasteiger partial charge in [0.2, 0.25) is 0 Å². The highest BCUT2D eigenvalue weighted by molar-refractivity contribution is 7.91. The highest BCUT2D eigenvalue weighted by Gasteiger charge is 2.22. The smallest absolute Gasteiger partial charge is 0.152 e. The van der Waals surface area contributed by atoms with Crippen LogP contribution in [0.2, 0.25) is 0 Å². The maximum Gasteiger partial charge on any atom is 0.152 e. The molecule has 0 bridgehead atoms. The Labute approximate surface area is 130 Å². The van der Waals surface area contributed by atoms with Crippen LogP contribution in [0.15, 0.2) is 36.4 Å². The molecule has 0 unspecified atom stereocenters. The van der Waals surface area contributed by atoms with Crippen LogP contribution in [-0.4, -0.2) is 47.9 Å². The molecular weight excluding hydrogens is 298 g/mol. The van der Waals surface area contributed by atoms with E-state index in [2.05, 4.69) is 14.9 Å². The molecule has 0 atom stereocenters. The van der Waals surface area contributed by atoms with E-state index in [0.717, 1.165) is 22.8 Å². The van der Waals surface area contributed by atoms with Gasteiger partial charge in [-0.05, 0) is 13.0 Å². The molecule has 6 heteroatoms. The Morgan fingerprint density at radius 2 is 1.77 bits per heavy atom. The van der Waals surface area contributed by atoms with Crippen molar-refractivity contribution in [1.82, 2.24) is 14.9 Å². The number of sulfone groups is 1. The van der Waals surface area contributed by atoms with Crippen LogP contribution >= 0.6 is 0 Å². The van der Waals surface area contributed by atoms with E-state index in [1.54, 1.807) is 0 Å².